The summed E-state index contributed by atoms with van der Waals surface area (Å²) in [7, 11) is 1.72. The van der Waals surface area contributed by atoms with Crippen LogP contribution in [0.1, 0.15) is 37.0 Å². The minimum absolute atomic E-state index is 0.0641. The van der Waals surface area contributed by atoms with E-state index in [-0.39, 0.29) is 31.0 Å². The highest BCUT2D eigenvalue weighted by atomic mass is 16.5. The Morgan fingerprint density at radius 2 is 1.72 bits per heavy atom. The number of amides is 2. The molecule has 2 N–H and O–H groups in total. The first-order valence-corrected chi connectivity index (χ1v) is 8.42. The number of carbonyl (C=O) groups is 3. The summed E-state index contributed by atoms with van der Waals surface area (Å²) in [5, 5.41) is 5.62. The van der Waals surface area contributed by atoms with Crippen molar-refractivity contribution in [3.05, 3.63) is 29.8 Å². The number of carbonyl (C=O) groups excluding carboxylic acids is 3. The van der Waals surface area contributed by atoms with Gasteiger partial charge in [-0.2, -0.15) is 0 Å². The summed E-state index contributed by atoms with van der Waals surface area (Å²) < 4.78 is 5.11. The number of rotatable bonds is 8. The molecule has 2 amide bonds. The second-order valence-electron chi connectivity index (χ2n) is 6.59. The second-order valence-corrected chi connectivity index (χ2v) is 6.59. The minimum Gasteiger partial charge on any atom is -0.459 e. The van der Waals surface area contributed by atoms with E-state index in [0.29, 0.717) is 17.3 Å². The second kappa shape index (κ2) is 8.62. The first-order valence-electron chi connectivity index (χ1n) is 8.42. The van der Waals surface area contributed by atoms with E-state index in [4.69, 9.17) is 4.74 Å². The molecule has 0 heterocycles. The third kappa shape index (κ3) is 6.93. The molecule has 2 rings (SSSR count). The Balaban J connectivity index is 1.77. The summed E-state index contributed by atoms with van der Waals surface area (Å²) in [5.74, 6) is -0.681. The van der Waals surface area contributed by atoms with Gasteiger partial charge >= 0.3 is 5.97 Å². The maximum Gasteiger partial charge on any atom is 0.338 e. The monoisotopic (exact) mass is 347 g/mol. The summed E-state index contributed by atoms with van der Waals surface area (Å²) in [5.41, 5.74) is 1.02. The van der Waals surface area contributed by atoms with Crippen LogP contribution < -0.4 is 10.6 Å². The van der Waals surface area contributed by atoms with Crippen LogP contribution in [0, 0.1) is 0 Å². The summed E-state index contributed by atoms with van der Waals surface area (Å²) in [6.07, 6.45) is 1.90. The van der Waals surface area contributed by atoms with Crippen LogP contribution in [0.15, 0.2) is 24.3 Å². The summed E-state index contributed by atoms with van der Waals surface area (Å²) in [6.45, 7) is 3.86. The Morgan fingerprint density at radius 1 is 1.12 bits per heavy atom. The summed E-state index contributed by atoms with van der Waals surface area (Å²) >= 11 is 0. The van der Waals surface area contributed by atoms with Crippen LogP contribution >= 0.6 is 0 Å². The highest BCUT2D eigenvalue weighted by Crippen LogP contribution is 2.18. The van der Waals surface area contributed by atoms with Gasteiger partial charge < -0.3 is 15.4 Å². The molecule has 7 heteroatoms. The molecule has 1 saturated carbocycles. The Hall–Kier alpha value is -2.41. The smallest absolute Gasteiger partial charge is 0.338 e. The van der Waals surface area contributed by atoms with Crippen LogP contribution in [0.3, 0.4) is 0 Å². The number of hydrogen-bond donors (Lipinski definition) is 2. The zero-order chi connectivity index (χ0) is 18.4. The van der Waals surface area contributed by atoms with E-state index < -0.39 is 5.97 Å². The highest BCUT2D eigenvalue weighted by molar-refractivity contribution is 5.94. The average Bonchev–Trinajstić information content (AvgIpc) is 3.30. The molecule has 1 fully saturated rings. The van der Waals surface area contributed by atoms with Crippen molar-refractivity contribution in [2.45, 2.75) is 38.8 Å². The maximum absolute atomic E-state index is 12.0. The van der Waals surface area contributed by atoms with Crippen molar-refractivity contribution >= 4 is 23.5 Å². The standard InChI is InChI=1S/C18H25N3O4/c1-12(2)25-18(24)13-4-6-14(7-5-13)19-16(22)10-21(3)11-17(23)20-15-8-9-15/h4-7,12,15H,8-11H2,1-3H3,(H,19,22)(H,20,23). The first kappa shape index (κ1) is 18.9. The third-order valence-electron chi connectivity index (χ3n) is 3.52. The molecule has 0 radical (unpaired) electrons. The zero-order valence-corrected chi connectivity index (χ0v) is 14.9. The Morgan fingerprint density at radius 3 is 2.28 bits per heavy atom. The Kier molecular flexibility index (Phi) is 6.52. The number of anilines is 1. The molecule has 0 saturated heterocycles. The van der Waals surface area contributed by atoms with Crippen molar-refractivity contribution in [2.75, 3.05) is 25.5 Å². The molecule has 0 spiro atoms. The minimum atomic E-state index is -0.394. The van der Waals surface area contributed by atoms with Crippen molar-refractivity contribution in [1.82, 2.24) is 10.2 Å². The van der Waals surface area contributed by atoms with Gasteiger partial charge in [-0.05, 0) is 58.0 Å². The van der Waals surface area contributed by atoms with E-state index >= 15 is 0 Å². The van der Waals surface area contributed by atoms with Gasteiger partial charge in [0, 0.05) is 11.7 Å². The van der Waals surface area contributed by atoms with Crippen LogP contribution in [0.25, 0.3) is 0 Å². The Bertz CT molecular complexity index is 624. The number of nitrogens with zero attached hydrogens (tertiary/aromatic N) is 1. The molecule has 0 unspecified atom stereocenters. The van der Waals surface area contributed by atoms with Gasteiger partial charge in [0.25, 0.3) is 0 Å². The van der Waals surface area contributed by atoms with Crippen molar-refractivity contribution in [3.8, 4) is 0 Å². The van der Waals surface area contributed by atoms with Crippen LogP contribution in [0.5, 0.6) is 0 Å². The van der Waals surface area contributed by atoms with E-state index in [1.165, 1.54) is 0 Å². The Labute approximate surface area is 147 Å². The van der Waals surface area contributed by atoms with Gasteiger partial charge in [0.05, 0.1) is 24.8 Å². The molecule has 25 heavy (non-hydrogen) atoms. The quantitative estimate of drug-likeness (QED) is 0.694. The van der Waals surface area contributed by atoms with Gasteiger partial charge in [-0.15, -0.1) is 0 Å². The predicted molar refractivity (Wildman–Crippen MR) is 94.3 cm³/mol. The number of ether oxygens (including phenoxy) is 1. The molecule has 0 aliphatic heterocycles. The van der Waals surface area contributed by atoms with Gasteiger partial charge in [0.15, 0.2) is 0 Å². The van der Waals surface area contributed by atoms with Gasteiger partial charge in [-0.1, -0.05) is 0 Å². The molecule has 1 aliphatic rings. The fourth-order valence-corrected chi connectivity index (χ4v) is 2.22. The highest BCUT2D eigenvalue weighted by Gasteiger charge is 2.23. The molecule has 0 aromatic heterocycles. The number of esters is 1. The molecule has 1 aromatic carbocycles. The average molecular weight is 347 g/mol. The van der Waals surface area contributed by atoms with E-state index in [2.05, 4.69) is 10.6 Å². The largest absolute Gasteiger partial charge is 0.459 e. The fraction of sp³-hybridized carbons (Fsp3) is 0.500. The van der Waals surface area contributed by atoms with Gasteiger partial charge in [0.1, 0.15) is 0 Å². The van der Waals surface area contributed by atoms with Crippen molar-refractivity contribution < 1.29 is 19.1 Å². The molecule has 0 atom stereocenters. The van der Waals surface area contributed by atoms with Gasteiger partial charge in [0.2, 0.25) is 11.8 Å². The molecule has 1 aliphatic carbocycles. The number of likely N-dealkylation sites (N-methyl/N-ethyl adjacent to an activating group) is 1. The van der Waals surface area contributed by atoms with Crippen molar-refractivity contribution in [2.24, 2.45) is 0 Å². The van der Waals surface area contributed by atoms with E-state index in [1.807, 2.05) is 0 Å². The topological polar surface area (TPSA) is 87.7 Å². The van der Waals surface area contributed by atoms with Crippen LogP contribution in [-0.4, -0.2) is 55.0 Å². The van der Waals surface area contributed by atoms with E-state index in [0.717, 1.165) is 12.8 Å². The molecule has 136 valence electrons. The molecule has 0 bridgehead atoms. The van der Waals surface area contributed by atoms with Crippen LogP contribution in [-0.2, 0) is 14.3 Å². The van der Waals surface area contributed by atoms with Crippen molar-refractivity contribution in [3.63, 3.8) is 0 Å². The molecule has 1 aromatic rings. The van der Waals surface area contributed by atoms with Crippen LogP contribution in [0.2, 0.25) is 0 Å². The van der Waals surface area contributed by atoms with E-state index in [1.54, 1.807) is 50.1 Å². The predicted octanol–water partition coefficient (Wildman–Crippen LogP) is 1.40. The number of benzene rings is 1. The fourth-order valence-electron chi connectivity index (χ4n) is 2.22. The number of nitrogens with one attached hydrogen (secondary N) is 2. The van der Waals surface area contributed by atoms with Gasteiger partial charge in [-0.3, -0.25) is 14.5 Å². The first-order chi connectivity index (χ1) is 11.8. The normalized spacial score (nSPS) is 13.6. The zero-order valence-electron chi connectivity index (χ0n) is 14.9. The summed E-state index contributed by atoms with van der Waals surface area (Å²) in [6, 6.07) is 6.82. The lowest BCUT2D eigenvalue weighted by molar-refractivity contribution is -0.123. The molecular weight excluding hydrogens is 322 g/mol. The molecule has 7 nitrogen and oxygen atoms in total. The number of hydrogen-bond acceptors (Lipinski definition) is 5. The SMILES string of the molecule is CC(C)OC(=O)c1ccc(NC(=O)CN(C)CC(=O)NC2CC2)cc1. The lowest BCUT2D eigenvalue weighted by Gasteiger charge is -2.16. The van der Waals surface area contributed by atoms with Gasteiger partial charge in [-0.25, -0.2) is 4.79 Å². The lowest BCUT2D eigenvalue weighted by atomic mass is 10.2. The van der Waals surface area contributed by atoms with Crippen LogP contribution in [0.4, 0.5) is 5.69 Å². The maximum atomic E-state index is 12.0. The lowest BCUT2D eigenvalue weighted by Crippen LogP contribution is -2.39. The van der Waals surface area contributed by atoms with E-state index in [9.17, 15) is 14.4 Å². The van der Waals surface area contributed by atoms with Crippen molar-refractivity contribution in [1.29, 1.82) is 0 Å². The summed E-state index contributed by atoms with van der Waals surface area (Å²) in [4.78, 5) is 37.1. The molecular formula is C18H25N3O4. The third-order valence-corrected chi connectivity index (χ3v) is 3.52.